The molecule has 0 unspecified atom stereocenters. The summed E-state index contributed by atoms with van der Waals surface area (Å²) in [7, 11) is 0. The molecule has 0 aliphatic carbocycles. The van der Waals surface area contributed by atoms with Crippen LogP contribution in [-0.4, -0.2) is 20.4 Å². The molecule has 0 N–H and O–H groups in total. The number of nitrogens with zero attached hydrogens (tertiary/aromatic N) is 3. The number of ketones is 1. The monoisotopic (exact) mass is 255 g/mol. The standard InChI is InChI=1S/C13H9N3OS/c1-8-13(18-16-15-8)12(17)11-7-14-6-9-4-2-3-5-10(9)11/h2-7H,1H3. The van der Waals surface area contributed by atoms with E-state index in [-0.39, 0.29) is 5.78 Å². The van der Waals surface area contributed by atoms with Gasteiger partial charge < -0.3 is 0 Å². The van der Waals surface area contributed by atoms with Gasteiger partial charge in [-0.3, -0.25) is 9.78 Å². The van der Waals surface area contributed by atoms with E-state index in [4.69, 9.17) is 0 Å². The van der Waals surface area contributed by atoms with Gasteiger partial charge in [-0.15, -0.1) is 5.10 Å². The molecule has 88 valence electrons. The lowest BCUT2D eigenvalue weighted by Crippen LogP contribution is -2.02. The van der Waals surface area contributed by atoms with Crippen LogP contribution in [0.3, 0.4) is 0 Å². The number of aryl methyl sites for hydroxylation is 1. The van der Waals surface area contributed by atoms with E-state index in [1.807, 2.05) is 24.3 Å². The van der Waals surface area contributed by atoms with Crippen LogP contribution in [-0.2, 0) is 0 Å². The third kappa shape index (κ3) is 1.69. The van der Waals surface area contributed by atoms with Crippen molar-refractivity contribution in [2.24, 2.45) is 0 Å². The van der Waals surface area contributed by atoms with Gasteiger partial charge in [-0.05, 0) is 23.8 Å². The van der Waals surface area contributed by atoms with E-state index in [0.29, 0.717) is 16.1 Å². The topological polar surface area (TPSA) is 55.7 Å². The Bertz CT molecular complexity index is 730. The summed E-state index contributed by atoms with van der Waals surface area (Å²) in [5.74, 6) is -0.0631. The smallest absolute Gasteiger partial charge is 0.208 e. The zero-order valence-electron chi connectivity index (χ0n) is 9.62. The summed E-state index contributed by atoms with van der Waals surface area (Å²) in [6.07, 6.45) is 3.35. The minimum absolute atomic E-state index is 0.0631. The third-order valence-corrected chi connectivity index (χ3v) is 3.60. The third-order valence-electron chi connectivity index (χ3n) is 2.77. The first-order chi connectivity index (χ1) is 8.77. The summed E-state index contributed by atoms with van der Waals surface area (Å²) in [4.78, 5) is 17.1. The Labute approximate surface area is 107 Å². The molecule has 0 bridgehead atoms. The molecule has 18 heavy (non-hydrogen) atoms. The van der Waals surface area contributed by atoms with Crippen LogP contribution in [0.2, 0.25) is 0 Å². The van der Waals surface area contributed by atoms with Gasteiger partial charge in [-0.2, -0.15) is 0 Å². The quantitative estimate of drug-likeness (QED) is 0.660. The van der Waals surface area contributed by atoms with Crippen molar-refractivity contribution in [2.45, 2.75) is 6.92 Å². The van der Waals surface area contributed by atoms with Crippen LogP contribution in [0.4, 0.5) is 0 Å². The molecule has 0 amide bonds. The number of benzene rings is 1. The molecule has 0 aliphatic heterocycles. The fourth-order valence-corrected chi connectivity index (χ4v) is 2.47. The Morgan fingerprint density at radius 2 is 2.06 bits per heavy atom. The predicted octanol–water partition coefficient (Wildman–Crippen LogP) is 2.63. The second kappa shape index (κ2) is 4.27. The molecular formula is C13H9N3OS. The SMILES string of the molecule is Cc1nnsc1C(=O)c1cncc2ccccc12. The molecule has 2 aromatic heterocycles. The van der Waals surface area contributed by atoms with Crippen LogP contribution >= 0.6 is 11.5 Å². The predicted molar refractivity (Wildman–Crippen MR) is 69.8 cm³/mol. The van der Waals surface area contributed by atoms with Gasteiger partial charge in [0.25, 0.3) is 0 Å². The highest BCUT2D eigenvalue weighted by Gasteiger charge is 2.17. The molecule has 4 nitrogen and oxygen atoms in total. The second-order valence-corrected chi connectivity index (χ2v) is 4.68. The maximum Gasteiger partial charge on any atom is 0.208 e. The molecule has 0 radical (unpaired) electrons. The van der Waals surface area contributed by atoms with E-state index >= 15 is 0 Å². The zero-order chi connectivity index (χ0) is 12.5. The Morgan fingerprint density at radius 3 is 2.83 bits per heavy atom. The number of fused-ring (bicyclic) bond motifs is 1. The van der Waals surface area contributed by atoms with Crippen molar-refractivity contribution < 1.29 is 4.79 Å². The lowest BCUT2D eigenvalue weighted by molar-refractivity contribution is 0.104. The molecule has 2 heterocycles. The summed E-state index contributed by atoms with van der Waals surface area (Å²) >= 11 is 1.12. The van der Waals surface area contributed by atoms with E-state index in [9.17, 15) is 4.79 Å². The highest BCUT2D eigenvalue weighted by molar-refractivity contribution is 7.08. The first-order valence-electron chi connectivity index (χ1n) is 5.44. The molecule has 0 saturated carbocycles. The van der Waals surface area contributed by atoms with E-state index in [1.54, 1.807) is 19.3 Å². The summed E-state index contributed by atoms with van der Waals surface area (Å²) in [6, 6.07) is 7.71. The molecule has 0 aliphatic rings. The number of hydrogen-bond acceptors (Lipinski definition) is 5. The number of carbonyl (C=O) groups is 1. The maximum atomic E-state index is 12.4. The number of pyridine rings is 1. The van der Waals surface area contributed by atoms with Crippen molar-refractivity contribution in [1.29, 1.82) is 0 Å². The highest BCUT2D eigenvalue weighted by atomic mass is 32.1. The van der Waals surface area contributed by atoms with Gasteiger partial charge in [0.1, 0.15) is 4.88 Å². The van der Waals surface area contributed by atoms with Crippen LogP contribution in [0.15, 0.2) is 36.7 Å². The van der Waals surface area contributed by atoms with Crippen molar-refractivity contribution >= 4 is 28.1 Å². The van der Waals surface area contributed by atoms with Gasteiger partial charge in [0.2, 0.25) is 5.78 Å². The van der Waals surface area contributed by atoms with Crippen molar-refractivity contribution in [1.82, 2.24) is 14.6 Å². The van der Waals surface area contributed by atoms with Gasteiger partial charge in [-0.25, -0.2) is 0 Å². The first kappa shape index (κ1) is 11.0. The van der Waals surface area contributed by atoms with Gasteiger partial charge in [0.15, 0.2) is 0 Å². The lowest BCUT2D eigenvalue weighted by atomic mass is 10.0. The molecule has 0 atom stereocenters. The van der Waals surface area contributed by atoms with E-state index in [1.165, 1.54) is 0 Å². The number of aromatic nitrogens is 3. The average molecular weight is 255 g/mol. The Kier molecular flexibility index (Phi) is 2.60. The number of carbonyl (C=O) groups excluding carboxylic acids is 1. The Hall–Kier alpha value is -2.14. The van der Waals surface area contributed by atoms with Gasteiger partial charge in [0, 0.05) is 23.3 Å². The van der Waals surface area contributed by atoms with Crippen molar-refractivity contribution in [3.63, 3.8) is 0 Å². The number of hydrogen-bond donors (Lipinski definition) is 0. The molecule has 0 saturated heterocycles. The van der Waals surface area contributed by atoms with Crippen LogP contribution in [0.5, 0.6) is 0 Å². The van der Waals surface area contributed by atoms with Crippen molar-refractivity contribution in [3.05, 3.63) is 52.8 Å². The van der Waals surface area contributed by atoms with Crippen molar-refractivity contribution in [2.75, 3.05) is 0 Å². The first-order valence-corrected chi connectivity index (χ1v) is 6.21. The summed E-state index contributed by atoms with van der Waals surface area (Å²) in [5, 5.41) is 5.74. The molecule has 3 rings (SSSR count). The second-order valence-electron chi connectivity index (χ2n) is 3.92. The van der Waals surface area contributed by atoms with Crippen LogP contribution in [0.1, 0.15) is 20.9 Å². The maximum absolute atomic E-state index is 12.4. The molecule has 0 spiro atoms. The van der Waals surface area contributed by atoms with Crippen LogP contribution < -0.4 is 0 Å². The Balaban J connectivity index is 2.21. The normalized spacial score (nSPS) is 10.7. The van der Waals surface area contributed by atoms with E-state index < -0.39 is 0 Å². The van der Waals surface area contributed by atoms with E-state index in [2.05, 4.69) is 14.6 Å². The molecule has 0 fully saturated rings. The molecule has 5 heteroatoms. The fourth-order valence-electron chi connectivity index (χ4n) is 1.86. The molecular weight excluding hydrogens is 246 g/mol. The van der Waals surface area contributed by atoms with Crippen LogP contribution in [0.25, 0.3) is 10.8 Å². The molecule has 3 aromatic rings. The summed E-state index contributed by atoms with van der Waals surface area (Å²) in [5.41, 5.74) is 1.26. The summed E-state index contributed by atoms with van der Waals surface area (Å²) in [6.45, 7) is 1.79. The van der Waals surface area contributed by atoms with Gasteiger partial charge in [-0.1, -0.05) is 28.8 Å². The molecule has 1 aromatic carbocycles. The van der Waals surface area contributed by atoms with E-state index in [0.717, 1.165) is 22.3 Å². The average Bonchev–Trinajstić information content (AvgIpc) is 2.83. The fraction of sp³-hybridized carbons (Fsp3) is 0.0769. The Morgan fingerprint density at radius 1 is 1.22 bits per heavy atom. The number of rotatable bonds is 2. The van der Waals surface area contributed by atoms with Gasteiger partial charge in [0.05, 0.1) is 5.69 Å². The zero-order valence-corrected chi connectivity index (χ0v) is 10.4. The van der Waals surface area contributed by atoms with Crippen LogP contribution in [0, 0.1) is 6.92 Å². The minimum Gasteiger partial charge on any atom is -0.287 e. The summed E-state index contributed by atoms with van der Waals surface area (Å²) < 4.78 is 3.80. The highest BCUT2D eigenvalue weighted by Crippen LogP contribution is 2.22. The van der Waals surface area contributed by atoms with Crippen molar-refractivity contribution in [3.8, 4) is 0 Å². The minimum atomic E-state index is -0.0631. The lowest BCUT2D eigenvalue weighted by Gasteiger charge is -2.03. The van der Waals surface area contributed by atoms with Gasteiger partial charge >= 0.3 is 0 Å². The largest absolute Gasteiger partial charge is 0.287 e.